The summed E-state index contributed by atoms with van der Waals surface area (Å²) in [7, 11) is 0. The molecule has 2 fully saturated rings. The van der Waals surface area contributed by atoms with E-state index < -0.39 is 5.97 Å². The summed E-state index contributed by atoms with van der Waals surface area (Å²) < 4.78 is 0. The van der Waals surface area contributed by atoms with Crippen LogP contribution in [0, 0.1) is 29.1 Å². The fourth-order valence-electron chi connectivity index (χ4n) is 5.35. The number of allylic oxidation sites excluding steroid dienone is 4. The zero-order valence-corrected chi connectivity index (χ0v) is 17.8. The summed E-state index contributed by atoms with van der Waals surface area (Å²) >= 11 is 0. The molecule has 2 aliphatic carbocycles. The standard InChI is InChI=1S/C25H38O2/c1-16(2)8-10-20-14-21(19(6)24(26)27)12-13-25(7)22(11-9-18(20)5)15-23(25)17(3)4/h8,20-23H,3,5-6,9-15H2,1-2,4,7H3,(H,26,27)/t20-,21+,22-,23-,25+/m1/s1. The first-order valence-electron chi connectivity index (χ1n) is 10.4. The second-order valence-electron chi connectivity index (χ2n) is 9.55. The molecule has 0 saturated heterocycles. The number of aliphatic carboxylic acids is 1. The third kappa shape index (κ3) is 4.83. The van der Waals surface area contributed by atoms with Gasteiger partial charge in [0.1, 0.15) is 0 Å². The monoisotopic (exact) mass is 370 g/mol. The first-order valence-corrected chi connectivity index (χ1v) is 10.4. The SMILES string of the molecule is C=C1CC[C@@H]2C[C@H](C(=C)C)[C@@]2(C)CC[C@H](C(=C)C(=O)O)C[C@H]1CC=C(C)C. The van der Waals surface area contributed by atoms with E-state index in [4.69, 9.17) is 0 Å². The highest BCUT2D eigenvalue weighted by molar-refractivity contribution is 5.86. The Kier molecular flexibility index (Phi) is 6.94. The molecule has 0 heterocycles. The summed E-state index contributed by atoms with van der Waals surface area (Å²) in [5.41, 5.74) is 4.50. The van der Waals surface area contributed by atoms with Gasteiger partial charge in [-0.1, -0.05) is 49.5 Å². The summed E-state index contributed by atoms with van der Waals surface area (Å²) in [4.78, 5) is 11.7. The molecule has 2 heteroatoms. The van der Waals surface area contributed by atoms with Gasteiger partial charge in [-0.25, -0.2) is 4.79 Å². The van der Waals surface area contributed by atoms with Crippen LogP contribution in [0.5, 0.6) is 0 Å². The molecule has 2 rings (SSSR count). The van der Waals surface area contributed by atoms with Gasteiger partial charge in [0.2, 0.25) is 0 Å². The molecule has 0 aromatic heterocycles. The number of rotatable bonds is 5. The third-order valence-electron chi connectivity index (χ3n) is 7.41. The molecule has 0 radical (unpaired) electrons. The van der Waals surface area contributed by atoms with Crippen LogP contribution in [0.3, 0.4) is 0 Å². The summed E-state index contributed by atoms with van der Waals surface area (Å²) in [5, 5.41) is 9.58. The molecular formula is C25H38O2. The van der Waals surface area contributed by atoms with Gasteiger partial charge in [0.15, 0.2) is 0 Å². The van der Waals surface area contributed by atoms with E-state index in [2.05, 4.69) is 53.5 Å². The third-order valence-corrected chi connectivity index (χ3v) is 7.41. The van der Waals surface area contributed by atoms with Gasteiger partial charge >= 0.3 is 5.97 Å². The molecule has 150 valence electrons. The molecule has 0 aromatic carbocycles. The van der Waals surface area contributed by atoms with Crippen molar-refractivity contribution in [1.29, 1.82) is 0 Å². The number of hydrogen-bond donors (Lipinski definition) is 1. The van der Waals surface area contributed by atoms with E-state index in [-0.39, 0.29) is 11.3 Å². The molecule has 0 unspecified atom stereocenters. The van der Waals surface area contributed by atoms with Gasteiger partial charge in [0.05, 0.1) is 0 Å². The molecule has 5 atom stereocenters. The normalized spacial score (nSPS) is 34.0. The van der Waals surface area contributed by atoms with Gasteiger partial charge in [0.25, 0.3) is 0 Å². The van der Waals surface area contributed by atoms with Gasteiger partial charge in [-0.05, 0) is 94.8 Å². The predicted octanol–water partition coefficient (Wildman–Crippen LogP) is 6.95. The van der Waals surface area contributed by atoms with Crippen molar-refractivity contribution in [2.75, 3.05) is 0 Å². The first-order chi connectivity index (χ1) is 12.6. The van der Waals surface area contributed by atoms with Crippen LogP contribution in [0.1, 0.15) is 72.6 Å². The van der Waals surface area contributed by atoms with Crippen LogP contribution >= 0.6 is 0 Å². The molecule has 2 aliphatic rings. The predicted molar refractivity (Wildman–Crippen MR) is 115 cm³/mol. The van der Waals surface area contributed by atoms with Crippen molar-refractivity contribution >= 4 is 5.97 Å². The average molecular weight is 371 g/mol. The summed E-state index contributed by atoms with van der Waals surface area (Å²) in [5.74, 6) is 0.779. The van der Waals surface area contributed by atoms with E-state index in [0.29, 0.717) is 23.3 Å². The maximum atomic E-state index is 11.7. The Bertz CT molecular complexity index is 649. The topological polar surface area (TPSA) is 37.3 Å². The lowest BCUT2D eigenvalue weighted by atomic mass is 9.48. The molecule has 1 N–H and O–H groups in total. The number of carboxylic acid groups (broad SMARTS) is 1. The molecule has 0 aromatic rings. The lowest BCUT2D eigenvalue weighted by Gasteiger charge is -2.56. The Hall–Kier alpha value is -1.57. The van der Waals surface area contributed by atoms with Crippen LogP contribution in [0.15, 0.2) is 48.1 Å². The fourth-order valence-corrected chi connectivity index (χ4v) is 5.35. The minimum absolute atomic E-state index is 0.0248. The zero-order chi connectivity index (χ0) is 20.4. The van der Waals surface area contributed by atoms with Crippen molar-refractivity contribution in [3.63, 3.8) is 0 Å². The number of carboxylic acids is 1. The number of fused-ring (bicyclic) bond motifs is 1. The van der Waals surface area contributed by atoms with Crippen LogP contribution in [0.25, 0.3) is 0 Å². The second-order valence-corrected chi connectivity index (χ2v) is 9.55. The highest BCUT2D eigenvalue weighted by atomic mass is 16.4. The lowest BCUT2D eigenvalue weighted by molar-refractivity contribution is -0.133. The van der Waals surface area contributed by atoms with Crippen molar-refractivity contribution in [2.24, 2.45) is 29.1 Å². The molecular weight excluding hydrogens is 332 g/mol. The van der Waals surface area contributed by atoms with Gasteiger partial charge < -0.3 is 5.11 Å². The Morgan fingerprint density at radius 1 is 1.22 bits per heavy atom. The molecule has 2 nitrogen and oxygen atoms in total. The Labute approximate surface area is 166 Å². The van der Waals surface area contributed by atoms with Crippen molar-refractivity contribution in [1.82, 2.24) is 0 Å². The van der Waals surface area contributed by atoms with Crippen molar-refractivity contribution < 1.29 is 9.90 Å². The zero-order valence-electron chi connectivity index (χ0n) is 17.8. The summed E-state index contributed by atoms with van der Waals surface area (Å²) in [6, 6.07) is 0. The fraction of sp³-hybridized carbons (Fsp3) is 0.640. The van der Waals surface area contributed by atoms with Gasteiger partial charge in [0, 0.05) is 5.57 Å². The van der Waals surface area contributed by atoms with E-state index in [1.165, 1.54) is 29.6 Å². The van der Waals surface area contributed by atoms with E-state index in [1.807, 2.05) is 0 Å². The highest BCUT2D eigenvalue weighted by Crippen LogP contribution is 2.60. The lowest BCUT2D eigenvalue weighted by Crippen LogP contribution is -2.48. The van der Waals surface area contributed by atoms with Crippen molar-refractivity contribution in [2.45, 2.75) is 72.6 Å². The molecule has 27 heavy (non-hydrogen) atoms. The average Bonchev–Trinajstić information content (AvgIpc) is 2.57. The molecule has 2 saturated carbocycles. The maximum Gasteiger partial charge on any atom is 0.331 e. The number of carbonyl (C=O) groups is 1. The van der Waals surface area contributed by atoms with Gasteiger partial charge in [-0.3, -0.25) is 0 Å². The Balaban J connectivity index is 2.27. The van der Waals surface area contributed by atoms with E-state index in [0.717, 1.165) is 32.1 Å². The molecule has 0 spiro atoms. The second kappa shape index (κ2) is 8.63. The van der Waals surface area contributed by atoms with E-state index in [1.54, 1.807) is 0 Å². The number of hydrogen-bond acceptors (Lipinski definition) is 1. The Morgan fingerprint density at radius 2 is 1.89 bits per heavy atom. The minimum Gasteiger partial charge on any atom is -0.478 e. The van der Waals surface area contributed by atoms with Crippen molar-refractivity contribution in [3.8, 4) is 0 Å². The smallest absolute Gasteiger partial charge is 0.331 e. The van der Waals surface area contributed by atoms with Gasteiger partial charge in [-0.2, -0.15) is 0 Å². The molecule has 0 bridgehead atoms. The van der Waals surface area contributed by atoms with Crippen molar-refractivity contribution in [3.05, 3.63) is 48.1 Å². The highest BCUT2D eigenvalue weighted by Gasteiger charge is 2.51. The molecule has 0 amide bonds. The van der Waals surface area contributed by atoms with Gasteiger partial charge in [-0.15, -0.1) is 0 Å². The molecule has 0 aliphatic heterocycles. The van der Waals surface area contributed by atoms with Crippen LogP contribution in [-0.2, 0) is 4.79 Å². The first kappa shape index (κ1) is 21.7. The van der Waals surface area contributed by atoms with E-state index in [9.17, 15) is 9.90 Å². The minimum atomic E-state index is -0.851. The largest absolute Gasteiger partial charge is 0.478 e. The van der Waals surface area contributed by atoms with Crippen LogP contribution in [0.2, 0.25) is 0 Å². The van der Waals surface area contributed by atoms with Crippen LogP contribution in [-0.4, -0.2) is 11.1 Å². The van der Waals surface area contributed by atoms with Crippen LogP contribution in [0.4, 0.5) is 0 Å². The quantitative estimate of drug-likeness (QED) is 0.420. The summed E-state index contributed by atoms with van der Waals surface area (Å²) in [6.07, 6.45) is 9.53. The summed E-state index contributed by atoms with van der Waals surface area (Å²) in [6.45, 7) is 21.4. The maximum absolute atomic E-state index is 11.7. The Morgan fingerprint density at radius 3 is 2.44 bits per heavy atom. The van der Waals surface area contributed by atoms with E-state index >= 15 is 0 Å². The van der Waals surface area contributed by atoms with Crippen LogP contribution < -0.4 is 0 Å².